The summed E-state index contributed by atoms with van der Waals surface area (Å²) in [5, 5.41) is 0. The Morgan fingerprint density at radius 1 is 0.348 bits per heavy atom. The van der Waals surface area contributed by atoms with Crippen molar-refractivity contribution in [1.82, 2.24) is 0 Å². The number of hydrogen-bond acceptors (Lipinski definition) is 3. The Bertz CT molecular complexity index is 1030. The molecule has 3 aromatic carbocycles. The van der Waals surface area contributed by atoms with E-state index in [0.717, 1.165) is 36.5 Å². The van der Waals surface area contributed by atoms with E-state index in [9.17, 15) is 0 Å². The normalized spacial score (nSPS) is 11.2. The van der Waals surface area contributed by atoms with Gasteiger partial charge in [-0.25, -0.2) is 0 Å². The molecule has 0 heterocycles. The summed E-state index contributed by atoms with van der Waals surface area (Å²) in [5.41, 5.74) is 3.81. The molecule has 4 heteroatoms. The number of unbranched alkanes of at least 4 members (excludes halogenated alkanes) is 15. The molecule has 0 spiro atoms. The maximum absolute atomic E-state index is 6.86. The summed E-state index contributed by atoms with van der Waals surface area (Å²) in [6.07, 6.45) is 26.3. The molecular weight excluding hydrogens is 761 g/mol. The Hall–Kier alpha value is -2.06. The monoisotopic (exact) mass is 824 g/mol. The van der Waals surface area contributed by atoms with Crippen molar-refractivity contribution >= 4 is 23.1 Å². The van der Waals surface area contributed by atoms with Crippen LogP contribution in [-0.2, 0) is 19.3 Å². The summed E-state index contributed by atoms with van der Waals surface area (Å²) in [7, 11) is 0. The van der Waals surface area contributed by atoms with E-state index in [2.05, 4.69) is 93.6 Å². The van der Waals surface area contributed by atoms with Crippen molar-refractivity contribution in [3.8, 4) is 17.2 Å². The third-order valence-electron chi connectivity index (χ3n) is 8.84. The topological polar surface area (TPSA) is 27.7 Å². The van der Waals surface area contributed by atoms with E-state index in [1.807, 2.05) is 0 Å². The summed E-state index contributed by atoms with van der Waals surface area (Å²) in [6.45, 7) is 6.83. The van der Waals surface area contributed by atoms with Gasteiger partial charge in [0.15, 0.2) is 0 Å². The van der Waals surface area contributed by atoms with E-state index in [1.165, 1.54) is 132 Å². The molecule has 0 aliphatic carbocycles. The molecule has 0 aromatic heterocycles. The van der Waals surface area contributed by atoms with Gasteiger partial charge in [0.2, 0.25) is 0 Å². The molecule has 0 bridgehead atoms. The minimum absolute atomic E-state index is 0.940. The molecule has 0 saturated carbocycles. The molecule has 0 amide bonds. The Morgan fingerprint density at radius 3 is 0.913 bits per heavy atom. The predicted octanol–water partition coefficient (Wildman–Crippen LogP) is 12.9. The average molecular weight is 825 g/mol. The van der Waals surface area contributed by atoms with Gasteiger partial charge in [0.05, 0.1) is 0 Å². The van der Waals surface area contributed by atoms with Gasteiger partial charge in [-0.2, -0.15) is 0 Å². The van der Waals surface area contributed by atoms with Crippen molar-refractivity contribution in [2.45, 2.75) is 156 Å². The zero-order valence-electron chi connectivity index (χ0n) is 29.4. The molecule has 0 aliphatic rings. The Balaban J connectivity index is 1.75. The van der Waals surface area contributed by atoms with E-state index < -0.39 is 23.1 Å². The van der Waals surface area contributed by atoms with Gasteiger partial charge in [0.1, 0.15) is 0 Å². The predicted molar refractivity (Wildman–Crippen MR) is 198 cm³/mol. The van der Waals surface area contributed by atoms with Crippen LogP contribution in [0.4, 0.5) is 0 Å². The molecule has 254 valence electrons. The van der Waals surface area contributed by atoms with Crippen LogP contribution in [0.2, 0.25) is 0 Å². The van der Waals surface area contributed by atoms with Crippen LogP contribution >= 0.6 is 0 Å². The number of para-hydroxylation sites is 3. The summed E-state index contributed by atoms with van der Waals surface area (Å²) < 4.78 is 20.6. The van der Waals surface area contributed by atoms with Crippen molar-refractivity contribution < 1.29 is 8.44 Å². The van der Waals surface area contributed by atoms with E-state index >= 15 is 0 Å². The van der Waals surface area contributed by atoms with Gasteiger partial charge in [-0.1, -0.05) is 0 Å². The van der Waals surface area contributed by atoms with Crippen LogP contribution in [0.25, 0.3) is 0 Å². The molecule has 3 rings (SSSR count). The molecule has 0 saturated heterocycles. The maximum atomic E-state index is 6.86. The van der Waals surface area contributed by atoms with Crippen LogP contribution in [0.3, 0.4) is 0 Å². The van der Waals surface area contributed by atoms with Gasteiger partial charge in [-0.15, -0.1) is 0 Å². The van der Waals surface area contributed by atoms with Crippen LogP contribution in [0.1, 0.15) is 153 Å². The number of benzene rings is 3. The number of aryl methyl sites for hydroxylation is 3. The van der Waals surface area contributed by atoms with Crippen molar-refractivity contribution in [2.24, 2.45) is 0 Å². The third-order valence-corrected chi connectivity index (χ3v) is 12.9. The summed E-state index contributed by atoms with van der Waals surface area (Å²) in [4.78, 5) is 0. The first-order valence-corrected chi connectivity index (χ1v) is 23.1. The van der Waals surface area contributed by atoms with Crippen LogP contribution in [0.5, 0.6) is 17.2 Å². The first-order chi connectivity index (χ1) is 22.7. The zero-order chi connectivity index (χ0) is 32.5. The standard InChI is InChI=1S/3C14H22O.Bi/c3*1-2-3-4-5-6-7-10-13-11-8-9-12-14(13)15;/h3*8-9,11-12,15H,2-7,10H2,1H3;/q;;;+3/p-3. The second-order valence-corrected chi connectivity index (χ2v) is 16.7. The van der Waals surface area contributed by atoms with Gasteiger partial charge in [-0.05, 0) is 0 Å². The summed E-state index contributed by atoms with van der Waals surface area (Å²) in [6, 6.07) is 25.7. The molecule has 0 fully saturated rings. The Labute approximate surface area is 292 Å². The third kappa shape index (κ3) is 15.7. The molecule has 0 aliphatic heterocycles. The van der Waals surface area contributed by atoms with Crippen molar-refractivity contribution in [3.05, 3.63) is 89.5 Å². The van der Waals surface area contributed by atoms with Crippen molar-refractivity contribution in [3.63, 3.8) is 0 Å². The van der Waals surface area contributed by atoms with Gasteiger partial charge >= 0.3 is 294 Å². The second kappa shape index (κ2) is 25.0. The van der Waals surface area contributed by atoms with E-state index in [0.29, 0.717) is 0 Å². The quantitative estimate of drug-likeness (QED) is 0.0566. The number of rotatable bonds is 27. The SMILES string of the molecule is CCCCCCCCc1ccccc1[O][Bi]([O]c1ccccc1CCCCCCCC)[O]c1ccccc1CCCCCCCC. The Morgan fingerprint density at radius 2 is 0.609 bits per heavy atom. The van der Waals surface area contributed by atoms with Crippen molar-refractivity contribution in [2.75, 3.05) is 0 Å². The second-order valence-electron chi connectivity index (χ2n) is 12.9. The molecule has 0 atom stereocenters. The van der Waals surface area contributed by atoms with Crippen LogP contribution in [0.15, 0.2) is 72.8 Å². The molecular formula is C42H63BiO3. The first-order valence-electron chi connectivity index (χ1n) is 18.8. The summed E-state index contributed by atoms with van der Waals surface area (Å²) >= 11 is -3.50. The molecule has 46 heavy (non-hydrogen) atoms. The minimum atomic E-state index is -3.50. The molecule has 0 N–H and O–H groups in total. The molecule has 0 radical (unpaired) electrons. The van der Waals surface area contributed by atoms with E-state index in [4.69, 9.17) is 8.44 Å². The van der Waals surface area contributed by atoms with Gasteiger partial charge in [0, 0.05) is 0 Å². The zero-order valence-corrected chi connectivity index (χ0v) is 32.9. The van der Waals surface area contributed by atoms with Gasteiger partial charge in [0.25, 0.3) is 0 Å². The number of hydrogen-bond donors (Lipinski definition) is 0. The van der Waals surface area contributed by atoms with Crippen LogP contribution in [0, 0.1) is 0 Å². The molecule has 0 unspecified atom stereocenters. The van der Waals surface area contributed by atoms with E-state index in [1.54, 1.807) is 0 Å². The summed E-state index contributed by atoms with van der Waals surface area (Å²) in [5.74, 6) is 2.82. The Kier molecular flexibility index (Phi) is 20.9. The fourth-order valence-corrected chi connectivity index (χ4v) is 10.4. The van der Waals surface area contributed by atoms with E-state index in [-0.39, 0.29) is 0 Å². The first kappa shape index (κ1) is 38.4. The van der Waals surface area contributed by atoms with Gasteiger partial charge < -0.3 is 0 Å². The van der Waals surface area contributed by atoms with Crippen molar-refractivity contribution in [1.29, 1.82) is 0 Å². The fourth-order valence-electron chi connectivity index (χ4n) is 5.98. The molecule has 3 aromatic rings. The van der Waals surface area contributed by atoms with Crippen LogP contribution in [-0.4, -0.2) is 23.1 Å². The average Bonchev–Trinajstić information content (AvgIpc) is 3.08. The molecule has 3 nitrogen and oxygen atoms in total. The fraction of sp³-hybridized carbons (Fsp3) is 0.571. The van der Waals surface area contributed by atoms with Crippen LogP contribution < -0.4 is 8.44 Å². The van der Waals surface area contributed by atoms with Gasteiger partial charge in [-0.3, -0.25) is 0 Å².